The van der Waals surface area contributed by atoms with Crippen LogP contribution in [-0.4, -0.2) is 20.7 Å². The number of aryl methyl sites for hydroxylation is 1. The molecule has 0 amide bonds. The van der Waals surface area contributed by atoms with Crippen LogP contribution in [0.4, 0.5) is 0 Å². The molecule has 1 aromatic carbocycles. The number of aromatic nitrogens is 1. The molecule has 0 atom stereocenters. The van der Waals surface area contributed by atoms with E-state index >= 15 is 0 Å². The highest BCUT2D eigenvalue weighted by atomic mass is 14.7. The second-order valence-corrected chi connectivity index (χ2v) is 5.83. The highest BCUT2D eigenvalue weighted by Gasteiger charge is 2.27. The molecular weight excluding hydrogens is 216 g/mol. The van der Waals surface area contributed by atoms with E-state index in [1.807, 2.05) is 6.07 Å². The molecule has 3 rings (SSSR count). The number of rotatable bonds is 1. The molecule has 0 spiro atoms. The first-order chi connectivity index (χ1) is 8.67. The van der Waals surface area contributed by atoms with Crippen molar-refractivity contribution in [3.63, 3.8) is 0 Å². The third kappa shape index (κ3) is 1.98. The van der Waals surface area contributed by atoms with Crippen LogP contribution in [-0.2, 0) is 11.6 Å². The van der Waals surface area contributed by atoms with Crippen molar-refractivity contribution in [3.05, 3.63) is 53.7 Å². The minimum Gasteiger partial charge on any atom is -0.256 e. The molecule has 1 aliphatic carbocycles. The van der Waals surface area contributed by atoms with Gasteiger partial charge in [0, 0.05) is 11.8 Å². The highest BCUT2D eigenvalue weighted by Crippen LogP contribution is 2.34. The van der Waals surface area contributed by atoms with E-state index in [-0.39, 0.29) is 0 Å². The average molecular weight is 233 g/mol. The summed E-state index contributed by atoms with van der Waals surface area (Å²) in [7, 11) is 4.69. The zero-order valence-electron chi connectivity index (χ0n) is 11.1. The van der Waals surface area contributed by atoms with Crippen molar-refractivity contribution in [1.29, 1.82) is 0 Å². The fourth-order valence-electron chi connectivity index (χ4n) is 2.94. The van der Waals surface area contributed by atoms with Gasteiger partial charge in [-0.2, -0.15) is 0 Å². The van der Waals surface area contributed by atoms with E-state index in [0.717, 1.165) is 5.69 Å². The number of fused-ring (bicyclic) bond motifs is 1. The maximum absolute atomic E-state index is 4.63. The lowest BCUT2D eigenvalue weighted by Crippen LogP contribution is -2.31. The van der Waals surface area contributed by atoms with E-state index < -0.39 is 0 Å². The van der Waals surface area contributed by atoms with Crippen LogP contribution >= 0.6 is 0 Å². The molecule has 0 saturated heterocycles. The van der Waals surface area contributed by atoms with Gasteiger partial charge in [-0.15, -0.1) is 0 Å². The molecule has 1 heterocycles. The van der Waals surface area contributed by atoms with Crippen LogP contribution in [0.25, 0.3) is 11.3 Å². The van der Waals surface area contributed by atoms with Gasteiger partial charge in [0.05, 0.1) is 5.69 Å². The van der Waals surface area contributed by atoms with Gasteiger partial charge < -0.3 is 0 Å². The van der Waals surface area contributed by atoms with E-state index in [1.165, 1.54) is 36.0 Å². The third-order valence-corrected chi connectivity index (χ3v) is 4.03. The molecule has 1 aromatic heterocycles. The minimum atomic E-state index is 0.292. The van der Waals surface area contributed by atoms with Crippen LogP contribution in [0.1, 0.15) is 24.0 Å². The zero-order valence-corrected chi connectivity index (χ0v) is 11.1. The lowest BCUT2D eigenvalue weighted by atomic mass is 9.46. The van der Waals surface area contributed by atoms with E-state index in [0.29, 0.717) is 5.21 Å². The van der Waals surface area contributed by atoms with E-state index in [4.69, 9.17) is 0 Å². The van der Waals surface area contributed by atoms with Crippen molar-refractivity contribution in [2.75, 3.05) is 0 Å². The maximum atomic E-state index is 4.63. The van der Waals surface area contributed by atoms with Gasteiger partial charge in [0.25, 0.3) is 0 Å². The van der Waals surface area contributed by atoms with E-state index in [1.54, 1.807) is 0 Å². The summed E-state index contributed by atoms with van der Waals surface area (Å²) in [4.78, 5) is 4.63. The van der Waals surface area contributed by atoms with Crippen LogP contribution in [0.15, 0.2) is 42.6 Å². The van der Waals surface area contributed by atoms with Gasteiger partial charge in [-0.1, -0.05) is 47.5 Å². The largest absolute Gasteiger partial charge is 0.256 e. The van der Waals surface area contributed by atoms with Gasteiger partial charge >= 0.3 is 0 Å². The minimum absolute atomic E-state index is 0.292. The van der Waals surface area contributed by atoms with Gasteiger partial charge in [-0.3, -0.25) is 4.98 Å². The van der Waals surface area contributed by atoms with Crippen molar-refractivity contribution >= 4 is 15.7 Å². The smallest absolute Gasteiger partial charge is 0.104 e. The van der Waals surface area contributed by atoms with Gasteiger partial charge in [0.2, 0.25) is 0 Å². The number of pyridine rings is 1. The Morgan fingerprint density at radius 1 is 1.11 bits per heavy atom. The fraction of sp³-hybridized carbons (Fsp3) is 0.267. The van der Waals surface area contributed by atoms with Crippen molar-refractivity contribution in [2.45, 2.75) is 24.5 Å². The third-order valence-electron chi connectivity index (χ3n) is 4.03. The first-order valence-electron chi connectivity index (χ1n) is 6.72. The second kappa shape index (κ2) is 4.31. The number of nitrogens with zero attached hydrogens (tertiary/aromatic N) is 1. The predicted molar refractivity (Wildman–Crippen MR) is 81.4 cm³/mol. The van der Waals surface area contributed by atoms with E-state index in [2.05, 4.69) is 57.2 Å². The van der Waals surface area contributed by atoms with Crippen molar-refractivity contribution in [2.24, 2.45) is 0 Å². The van der Waals surface area contributed by atoms with Crippen LogP contribution in [0.2, 0.25) is 0 Å². The Morgan fingerprint density at radius 3 is 2.67 bits per heavy atom. The van der Waals surface area contributed by atoms with Gasteiger partial charge in [0.15, 0.2) is 0 Å². The highest BCUT2D eigenvalue weighted by molar-refractivity contribution is 6.40. The van der Waals surface area contributed by atoms with Crippen LogP contribution in [0, 0.1) is 0 Å². The summed E-state index contributed by atoms with van der Waals surface area (Å²) in [6.45, 7) is 0. The molecule has 0 N–H and O–H groups in total. The topological polar surface area (TPSA) is 12.9 Å². The number of hydrogen-bond acceptors (Lipinski definition) is 1. The maximum Gasteiger partial charge on any atom is 0.104 e. The second-order valence-electron chi connectivity index (χ2n) is 5.83. The lowest BCUT2D eigenvalue weighted by Gasteiger charge is -2.32. The first kappa shape index (κ1) is 11.6. The standard InChI is InChI=1S/C15H17B2N/c16-15(17)8-4-7-12-10-18-14(9-13(12)15)11-5-2-1-3-6-11/h1-3,5-6,9-10H,4,7-8,16-17H2. The molecule has 0 fully saturated rings. The first-order valence-corrected chi connectivity index (χ1v) is 6.72. The molecule has 0 radical (unpaired) electrons. The van der Waals surface area contributed by atoms with Gasteiger partial charge in [0.1, 0.15) is 15.7 Å². The summed E-state index contributed by atoms with van der Waals surface area (Å²) in [5, 5.41) is 0.292. The Morgan fingerprint density at radius 2 is 1.89 bits per heavy atom. The van der Waals surface area contributed by atoms with Gasteiger partial charge in [-0.05, 0) is 24.5 Å². The zero-order chi connectivity index (χ0) is 12.6. The molecular formula is C15H17B2N. The van der Waals surface area contributed by atoms with Gasteiger partial charge in [-0.25, -0.2) is 0 Å². The molecule has 3 heteroatoms. The molecule has 88 valence electrons. The number of benzene rings is 1. The molecule has 18 heavy (non-hydrogen) atoms. The summed E-state index contributed by atoms with van der Waals surface area (Å²) < 4.78 is 0. The van der Waals surface area contributed by atoms with Crippen molar-refractivity contribution < 1.29 is 0 Å². The molecule has 0 aliphatic heterocycles. The molecule has 0 unspecified atom stereocenters. The Kier molecular flexibility index (Phi) is 2.77. The molecule has 0 saturated carbocycles. The Balaban J connectivity index is 2.10. The molecule has 2 aromatic rings. The normalized spacial score (nSPS) is 17.1. The SMILES string of the molecule is BC1(B)CCCc2cnc(-c3ccccc3)cc21. The predicted octanol–water partition coefficient (Wildman–Crippen LogP) is 1.50. The van der Waals surface area contributed by atoms with Crippen molar-refractivity contribution in [1.82, 2.24) is 4.98 Å². The Bertz CT molecular complexity index is 564. The summed E-state index contributed by atoms with van der Waals surface area (Å²) in [6, 6.07) is 12.7. The van der Waals surface area contributed by atoms with Crippen LogP contribution < -0.4 is 0 Å². The monoisotopic (exact) mass is 233 g/mol. The Hall–Kier alpha value is -1.50. The van der Waals surface area contributed by atoms with Crippen molar-refractivity contribution in [3.8, 4) is 11.3 Å². The van der Waals surface area contributed by atoms with E-state index in [9.17, 15) is 0 Å². The Labute approximate surface area is 110 Å². The van der Waals surface area contributed by atoms with Crippen LogP contribution in [0.3, 0.4) is 0 Å². The summed E-state index contributed by atoms with van der Waals surface area (Å²) in [5.74, 6) is 0. The molecule has 1 nitrogen and oxygen atoms in total. The summed E-state index contributed by atoms with van der Waals surface area (Å²) in [6.07, 6.45) is 5.82. The summed E-state index contributed by atoms with van der Waals surface area (Å²) >= 11 is 0. The molecule has 1 aliphatic rings. The average Bonchev–Trinajstić information content (AvgIpc) is 2.39. The number of hydrogen-bond donors (Lipinski definition) is 0. The lowest BCUT2D eigenvalue weighted by molar-refractivity contribution is 0.621. The quantitative estimate of drug-likeness (QED) is 0.680. The fourth-order valence-corrected chi connectivity index (χ4v) is 2.94. The summed E-state index contributed by atoms with van der Waals surface area (Å²) in [5.41, 5.74) is 5.24. The molecule has 0 bridgehead atoms. The van der Waals surface area contributed by atoms with Crippen LogP contribution in [0.5, 0.6) is 0 Å².